The fourth-order valence-corrected chi connectivity index (χ4v) is 2.46. The van der Waals surface area contributed by atoms with E-state index in [9.17, 15) is 9.18 Å². The van der Waals surface area contributed by atoms with Gasteiger partial charge in [0.05, 0.1) is 13.7 Å². The molecule has 0 bridgehead atoms. The van der Waals surface area contributed by atoms with Gasteiger partial charge in [-0.05, 0) is 30.8 Å². The Labute approximate surface area is 142 Å². The number of likely N-dealkylation sites (N-methyl/N-ethyl adjacent to an activating group) is 2. The average molecular weight is 330 g/mol. The number of rotatable bonds is 7. The number of carbonyl (C=O) groups is 1. The molecule has 0 aliphatic heterocycles. The molecular formula is C19H23FN2O2. The van der Waals surface area contributed by atoms with Crippen molar-refractivity contribution >= 4 is 5.91 Å². The Hall–Kier alpha value is -2.40. The summed E-state index contributed by atoms with van der Waals surface area (Å²) >= 11 is 0. The number of carbonyl (C=O) groups excluding carboxylic acids is 1. The highest BCUT2D eigenvalue weighted by Gasteiger charge is 2.14. The van der Waals surface area contributed by atoms with Crippen molar-refractivity contribution in [1.29, 1.82) is 0 Å². The van der Waals surface area contributed by atoms with Crippen LogP contribution in [0.25, 0.3) is 0 Å². The van der Waals surface area contributed by atoms with Gasteiger partial charge in [0, 0.05) is 25.7 Å². The van der Waals surface area contributed by atoms with Crippen LogP contribution in [0.3, 0.4) is 0 Å². The molecule has 1 amide bonds. The summed E-state index contributed by atoms with van der Waals surface area (Å²) in [6.07, 6.45) is 0. The van der Waals surface area contributed by atoms with Crippen LogP contribution in [0.1, 0.15) is 11.1 Å². The van der Waals surface area contributed by atoms with Crippen LogP contribution >= 0.6 is 0 Å². The van der Waals surface area contributed by atoms with Crippen molar-refractivity contribution in [2.75, 3.05) is 27.7 Å². The minimum absolute atomic E-state index is 0.0170. The number of hydrogen-bond acceptors (Lipinski definition) is 3. The van der Waals surface area contributed by atoms with Crippen molar-refractivity contribution in [3.05, 3.63) is 65.5 Å². The van der Waals surface area contributed by atoms with E-state index in [1.165, 1.54) is 6.07 Å². The summed E-state index contributed by atoms with van der Waals surface area (Å²) in [4.78, 5) is 15.8. The molecule has 0 radical (unpaired) electrons. The van der Waals surface area contributed by atoms with Gasteiger partial charge in [-0.3, -0.25) is 9.69 Å². The molecule has 24 heavy (non-hydrogen) atoms. The second kappa shape index (κ2) is 8.45. The lowest BCUT2D eigenvalue weighted by molar-refractivity contribution is -0.131. The highest BCUT2D eigenvalue weighted by atomic mass is 19.1. The molecule has 4 nitrogen and oxygen atoms in total. The first kappa shape index (κ1) is 17.9. The van der Waals surface area contributed by atoms with Gasteiger partial charge in [-0.2, -0.15) is 0 Å². The molecule has 0 heterocycles. The van der Waals surface area contributed by atoms with E-state index in [1.807, 2.05) is 36.2 Å². The van der Waals surface area contributed by atoms with Gasteiger partial charge in [0.1, 0.15) is 11.6 Å². The third-order valence-electron chi connectivity index (χ3n) is 3.78. The monoisotopic (exact) mass is 330 g/mol. The summed E-state index contributed by atoms with van der Waals surface area (Å²) in [5, 5.41) is 0. The van der Waals surface area contributed by atoms with E-state index in [0.717, 1.165) is 11.3 Å². The molecule has 2 aromatic carbocycles. The largest absolute Gasteiger partial charge is 0.497 e. The fraction of sp³-hybridized carbons (Fsp3) is 0.316. The maximum absolute atomic E-state index is 13.7. The van der Waals surface area contributed by atoms with Crippen LogP contribution in [0.5, 0.6) is 5.75 Å². The first-order chi connectivity index (χ1) is 11.5. The zero-order chi connectivity index (χ0) is 17.5. The number of nitrogens with zero attached hydrogens (tertiary/aromatic N) is 2. The van der Waals surface area contributed by atoms with Gasteiger partial charge in [0.2, 0.25) is 5.91 Å². The summed E-state index contributed by atoms with van der Waals surface area (Å²) in [5.74, 6) is 0.503. The number of hydrogen-bond donors (Lipinski definition) is 0. The Balaban J connectivity index is 1.89. The third-order valence-corrected chi connectivity index (χ3v) is 3.78. The van der Waals surface area contributed by atoms with Crippen LogP contribution in [-0.2, 0) is 17.9 Å². The smallest absolute Gasteiger partial charge is 0.236 e. The van der Waals surface area contributed by atoms with E-state index >= 15 is 0 Å². The summed E-state index contributed by atoms with van der Waals surface area (Å²) in [5.41, 5.74) is 1.59. The van der Waals surface area contributed by atoms with Crippen molar-refractivity contribution in [2.24, 2.45) is 0 Å². The third kappa shape index (κ3) is 5.06. The zero-order valence-electron chi connectivity index (χ0n) is 14.3. The van der Waals surface area contributed by atoms with Gasteiger partial charge in [0.15, 0.2) is 0 Å². The lowest BCUT2D eigenvalue weighted by atomic mass is 10.2. The lowest BCUT2D eigenvalue weighted by Crippen LogP contribution is -2.36. The van der Waals surface area contributed by atoms with Crippen LogP contribution in [-0.4, -0.2) is 43.5 Å². The van der Waals surface area contributed by atoms with Gasteiger partial charge < -0.3 is 9.64 Å². The molecule has 2 aromatic rings. The number of methoxy groups -OCH3 is 1. The van der Waals surface area contributed by atoms with Gasteiger partial charge in [-0.25, -0.2) is 4.39 Å². The van der Waals surface area contributed by atoms with Gasteiger partial charge >= 0.3 is 0 Å². The summed E-state index contributed by atoms with van der Waals surface area (Å²) < 4.78 is 18.9. The molecule has 0 aliphatic rings. The Bertz CT molecular complexity index is 691. The van der Waals surface area contributed by atoms with E-state index < -0.39 is 0 Å². The zero-order valence-corrected chi connectivity index (χ0v) is 14.3. The topological polar surface area (TPSA) is 32.8 Å². The Morgan fingerprint density at radius 2 is 1.83 bits per heavy atom. The number of benzene rings is 2. The quantitative estimate of drug-likeness (QED) is 0.782. The average Bonchev–Trinajstić information content (AvgIpc) is 2.57. The first-order valence-corrected chi connectivity index (χ1v) is 7.78. The molecule has 0 saturated carbocycles. The highest BCUT2D eigenvalue weighted by molar-refractivity contribution is 5.78. The maximum Gasteiger partial charge on any atom is 0.236 e. The molecular weight excluding hydrogens is 307 g/mol. The van der Waals surface area contributed by atoms with Crippen molar-refractivity contribution in [3.8, 4) is 5.75 Å². The van der Waals surface area contributed by atoms with Crippen molar-refractivity contribution in [2.45, 2.75) is 13.1 Å². The van der Waals surface area contributed by atoms with Crippen molar-refractivity contribution < 1.29 is 13.9 Å². The molecule has 0 fully saturated rings. The van der Waals surface area contributed by atoms with Crippen LogP contribution in [0.4, 0.5) is 4.39 Å². The Morgan fingerprint density at radius 1 is 1.08 bits per heavy atom. The fourth-order valence-electron chi connectivity index (χ4n) is 2.46. The first-order valence-electron chi connectivity index (χ1n) is 7.78. The molecule has 0 atom stereocenters. The van der Waals surface area contributed by atoms with Crippen molar-refractivity contribution in [1.82, 2.24) is 9.80 Å². The SMILES string of the molecule is COc1cccc(CN(C)C(=O)CN(C)Cc2ccccc2F)c1. The van der Waals surface area contributed by atoms with E-state index in [2.05, 4.69) is 0 Å². The lowest BCUT2D eigenvalue weighted by Gasteiger charge is -2.22. The molecule has 0 N–H and O–H groups in total. The molecule has 0 aliphatic carbocycles. The van der Waals surface area contributed by atoms with E-state index in [0.29, 0.717) is 18.7 Å². The van der Waals surface area contributed by atoms with Crippen molar-refractivity contribution in [3.63, 3.8) is 0 Å². The summed E-state index contributed by atoms with van der Waals surface area (Å²) in [6.45, 7) is 1.13. The Morgan fingerprint density at radius 3 is 2.54 bits per heavy atom. The highest BCUT2D eigenvalue weighted by Crippen LogP contribution is 2.14. The maximum atomic E-state index is 13.7. The van der Waals surface area contributed by atoms with Crippen LogP contribution in [0.15, 0.2) is 48.5 Å². The number of amides is 1. The van der Waals surface area contributed by atoms with E-state index in [1.54, 1.807) is 37.3 Å². The molecule has 128 valence electrons. The standard InChI is InChI=1S/C19H23FN2O2/c1-21(13-16-8-4-5-10-18(16)20)14-19(23)22(2)12-15-7-6-9-17(11-15)24-3/h4-11H,12-14H2,1-3H3. The minimum atomic E-state index is -0.249. The second-order valence-electron chi connectivity index (χ2n) is 5.87. The minimum Gasteiger partial charge on any atom is -0.497 e. The van der Waals surface area contributed by atoms with Gasteiger partial charge in [-0.15, -0.1) is 0 Å². The second-order valence-corrected chi connectivity index (χ2v) is 5.87. The molecule has 0 saturated heterocycles. The molecule has 5 heteroatoms. The van der Waals surface area contributed by atoms with Gasteiger partial charge in [0.25, 0.3) is 0 Å². The van der Waals surface area contributed by atoms with E-state index in [4.69, 9.17) is 4.74 Å². The van der Waals surface area contributed by atoms with Crippen LogP contribution in [0.2, 0.25) is 0 Å². The molecule has 2 rings (SSSR count). The van der Waals surface area contributed by atoms with Crippen LogP contribution in [0, 0.1) is 5.82 Å². The normalized spacial score (nSPS) is 10.7. The predicted molar refractivity (Wildman–Crippen MR) is 92.2 cm³/mol. The number of ether oxygens (including phenoxy) is 1. The van der Waals surface area contributed by atoms with Gasteiger partial charge in [-0.1, -0.05) is 30.3 Å². The summed E-state index contributed by atoms with van der Waals surface area (Å²) in [6, 6.07) is 14.2. The predicted octanol–water partition coefficient (Wildman–Crippen LogP) is 2.92. The number of halogens is 1. The van der Waals surface area contributed by atoms with E-state index in [-0.39, 0.29) is 18.3 Å². The Kier molecular flexibility index (Phi) is 6.32. The van der Waals surface area contributed by atoms with Crippen LogP contribution < -0.4 is 4.74 Å². The molecule has 0 aromatic heterocycles. The summed E-state index contributed by atoms with van der Waals surface area (Å²) in [7, 11) is 5.19. The molecule has 0 unspecified atom stereocenters. The molecule has 0 spiro atoms.